The van der Waals surface area contributed by atoms with Crippen LogP contribution in [0.1, 0.15) is 5.56 Å². The number of thiophene rings is 1. The van der Waals surface area contributed by atoms with Crippen LogP contribution in [0.5, 0.6) is 0 Å². The van der Waals surface area contributed by atoms with Gasteiger partial charge in [-0.3, -0.25) is 4.68 Å². The van der Waals surface area contributed by atoms with Crippen molar-refractivity contribution in [1.29, 1.82) is 0 Å². The van der Waals surface area contributed by atoms with Crippen LogP contribution in [0.3, 0.4) is 0 Å². The van der Waals surface area contributed by atoms with Crippen molar-refractivity contribution in [3.63, 3.8) is 0 Å². The molecule has 0 aliphatic rings. The van der Waals surface area contributed by atoms with Crippen molar-refractivity contribution in [3.05, 3.63) is 89.0 Å². The molecule has 0 fully saturated rings. The number of rotatable bonds is 4. The van der Waals surface area contributed by atoms with Gasteiger partial charge < -0.3 is 5.32 Å². The van der Waals surface area contributed by atoms with E-state index in [0.29, 0.717) is 6.54 Å². The third-order valence-corrected chi connectivity index (χ3v) is 6.91. The number of nitrogens with zero attached hydrogens (tertiary/aromatic N) is 4. The Bertz CT molecular complexity index is 1620. The van der Waals surface area contributed by atoms with E-state index >= 15 is 0 Å². The predicted molar refractivity (Wildman–Crippen MR) is 131 cm³/mol. The molecule has 5 nitrogen and oxygen atoms in total. The molecule has 0 saturated heterocycles. The number of nitrogens with one attached hydrogen (secondary N) is 1. The molecule has 156 valence electrons. The standard InChI is InChI=1S/C24H15BrFN5S/c25-16-4-6-19-21(10-16)32-24-22(19)23(27-13-28-24)30-18-5-7-20-15(9-18)11-29-31(20)12-14-2-1-3-17(26)8-14/h1-11,13H,12H2,(H,27,28,30). The van der Waals surface area contributed by atoms with Gasteiger partial charge in [0.05, 0.1) is 23.6 Å². The Morgan fingerprint density at radius 3 is 2.88 bits per heavy atom. The minimum Gasteiger partial charge on any atom is -0.340 e. The molecule has 32 heavy (non-hydrogen) atoms. The lowest BCUT2D eigenvalue weighted by molar-refractivity contribution is 0.621. The average Bonchev–Trinajstić information content (AvgIpc) is 3.34. The van der Waals surface area contributed by atoms with Gasteiger partial charge in [0.25, 0.3) is 0 Å². The normalized spacial score (nSPS) is 11.6. The molecule has 0 spiro atoms. The molecule has 0 aliphatic heterocycles. The first-order valence-electron chi connectivity index (χ1n) is 9.94. The van der Waals surface area contributed by atoms with Gasteiger partial charge in [-0.15, -0.1) is 11.3 Å². The second-order valence-corrected chi connectivity index (χ2v) is 9.42. The number of benzene rings is 3. The molecular weight excluding hydrogens is 489 g/mol. The highest BCUT2D eigenvalue weighted by Crippen LogP contribution is 2.38. The van der Waals surface area contributed by atoms with Crippen LogP contribution >= 0.6 is 27.3 Å². The number of fused-ring (bicyclic) bond motifs is 4. The summed E-state index contributed by atoms with van der Waals surface area (Å²) in [5, 5.41) is 11.1. The fraction of sp³-hybridized carbons (Fsp3) is 0.0417. The number of hydrogen-bond acceptors (Lipinski definition) is 5. The Morgan fingerprint density at radius 1 is 1.03 bits per heavy atom. The molecule has 0 unspecified atom stereocenters. The van der Waals surface area contributed by atoms with Crippen molar-refractivity contribution < 1.29 is 4.39 Å². The monoisotopic (exact) mass is 503 g/mol. The zero-order valence-corrected chi connectivity index (χ0v) is 19.0. The van der Waals surface area contributed by atoms with Gasteiger partial charge in [0.15, 0.2) is 0 Å². The zero-order chi connectivity index (χ0) is 21.7. The van der Waals surface area contributed by atoms with Crippen LogP contribution in [0.2, 0.25) is 0 Å². The van der Waals surface area contributed by atoms with Crippen LogP contribution in [0, 0.1) is 5.82 Å². The Kier molecular flexibility index (Phi) is 4.62. The summed E-state index contributed by atoms with van der Waals surface area (Å²) in [5.41, 5.74) is 2.77. The van der Waals surface area contributed by atoms with Crippen LogP contribution < -0.4 is 5.32 Å². The molecular formula is C24H15BrFN5S. The first kappa shape index (κ1) is 19.3. The van der Waals surface area contributed by atoms with Crippen molar-refractivity contribution in [2.45, 2.75) is 6.54 Å². The largest absolute Gasteiger partial charge is 0.340 e. The van der Waals surface area contributed by atoms with Gasteiger partial charge in [0.2, 0.25) is 0 Å². The summed E-state index contributed by atoms with van der Waals surface area (Å²) in [6, 6.07) is 18.9. The molecule has 0 amide bonds. The van der Waals surface area contributed by atoms with E-state index in [-0.39, 0.29) is 5.82 Å². The second-order valence-electron chi connectivity index (χ2n) is 7.48. The van der Waals surface area contributed by atoms with Crippen molar-refractivity contribution >= 4 is 70.0 Å². The van der Waals surface area contributed by atoms with Crippen LogP contribution in [0.15, 0.2) is 77.7 Å². The van der Waals surface area contributed by atoms with E-state index in [1.54, 1.807) is 23.7 Å². The molecule has 3 aromatic heterocycles. The van der Waals surface area contributed by atoms with E-state index in [4.69, 9.17) is 0 Å². The molecule has 3 aromatic carbocycles. The fourth-order valence-electron chi connectivity index (χ4n) is 3.91. The Labute approximate surface area is 194 Å². The van der Waals surface area contributed by atoms with E-state index < -0.39 is 0 Å². The summed E-state index contributed by atoms with van der Waals surface area (Å²) in [4.78, 5) is 9.92. The van der Waals surface area contributed by atoms with Crippen LogP contribution in [-0.4, -0.2) is 19.7 Å². The van der Waals surface area contributed by atoms with E-state index in [1.165, 1.54) is 12.1 Å². The maximum atomic E-state index is 13.5. The van der Waals surface area contributed by atoms with Gasteiger partial charge >= 0.3 is 0 Å². The van der Waals surface area contributed by atoms with Gasteiger partial charge in [-0.05, 0) is 48.0 Å². The molecule has 1 N–H and O–H groups in total. The highest BCUT2D eigenvalue weighted by atomic mass is 79.9. The highest BCUT2D eigenvalue weighted by Gasteiger charge is 2.13. The molecule has 0 saturated carbocycles. The first-order chi connectivity index (χ1) is 15.6. The van der Waals surface area contributed by atoms with Crippen molar-refractivity contribution in [2.75, 3.05) is 5.32 Å². The summed E-state index contributed by atoms with van der Waals surface area (Å²) in [5.74, 6) is 0.532. The van der Waals surface area contributed by atoms with E-state index in [9.17, 15) is 4.39 Å². The predicted octanol–water partition coefficient (Wildman–Crippen LogP) is 6.89. The molecule has 6 rings (SSSR count). The van der Waals surface area contributed by atoms with E-state index in [1.807, 2.05) is 41.2 Å². The van der Waals surface area contributed by atoms with Crippen LogP contribution in [0.4, 0.5) is 15.9 Å². The fourth-order valence-corrected chi connectivity index (χ4v) is 5.51. The number of anilines is 2. The summed E-state index contributed by atoms with van der Waals surface area (Å²) in [7, 11) is 0. The van der Waals surface area contributed by atoms with Crippen LogP contribution in [0.25, 0.3) is 31.2 Å². The SMILES string of the molecule is Fc1cccc(Cn2ncc3cc(Nc4ncnc5sc6cc(Br)ccc6c45)ccc32)c1. The third-order valence-electron chi connectivity index (χ3n) is 5.36. The summed E-state index contributed by atoms with van der Waals surface area (Å²) < 4.78 is 17.6. The van der Waals surface area contributed by atoms with Crippen LogP contribution in [-0.2, 0) is 6.54 Å². The lowest BCUT2D eigenvalue weighted by Gasteiger charge is -2.08. The first-order valence-corrected chi connectivity index (χ1v) is 11.5. The quantitative estimate of drug-likeness (QED) is 0.284. The third kappa shape index (κ3) is 3.41. The van der Waals surface area contributed by atoms with Gasteiger partial charge in [-0.25, -0.2) is 14.4 Å². The van der Waals surface area contributed by atoms with Gasteiger partial charge in [0.1, 0.15) is 22.8 Å². The lowest BCUT2D eigenvalue weighted by atomic mass is 10.2. The Hall–Kier alpha value is -3.36. The van der Waals surface area contributed by atoms with E-state index in [0.717, 1.165) is 52.7 Å². The zero-order valence-electron chi connectivity index (χ0n) is 16.6. The molecule has 6 aromatic rings. The smallest absolute Gasteiger partial charge is 0.143 e. The topological polar surface area (TPSA) is 55.6 Å². The summed E-state index contributed by atoms with van der Waals surface area (Å²) in [6.07, 6.45) is 3.41. The molecule has 0 aliphatic carbocycles. The minimum atomic E-state index is -0.241. The van der Waals surface area contributed by atoms with Crippen molar-refractivity contribution in [3.8, 4) is 0 Å². The molecule has 3 heterocycles. The number of halogens is 2. The van der Waals surface area contributed by atoms with Gasteiger partial charge in [0, 0.05) is 25.6 Å². The van der Waals surface area contributed by atoms with Crippen molar-refractivity contribution in [1.82, 2.24) is 19.7 Å². The molecule has 0 atom stereocenters. The van der Waals surface area contributed by atoms with Crippen molar-refractivity contribution in [2.24, 2.45) is 0 Å². The summed E-state index contributed by atoms with van der Waals surface area (Å²) >= 11 is 5.19. The number of aromatic nitrogens is 4. The minimum absolute atomic E-state index is 0.241. The molecule has 0 radical (unpaired) electrons. The highest BCUT2D eigenvalue weighted by molar-refractivity contribution is 9.10. The van der Waals surface area contributed by atoms with Gasteiger partial charge in [-0.2, -0.15) is 5.10 Å². The van der Waals surface area contributed by atoms with E-state index in [2.05, 4.69) is 48.4 Å². The van der Waals surface area contributed by atoms with Gasteiger partial charge in [-0.1, -0.05) is 34.1 Å². The lowest BCUT2D eigenvalue weighted by Crippen LogP contribution is -2.01. The average molecular weight is 504 g/mol. The molecule has 0 bridgehead atoms. The maximum Gasteiger partial charge on any atom is 0.143 e. The summed E-state index contributed by atoms with van der Waals surface area (Å²) in [6.45, 7) is 0.511. The molecule has 8 heteroatoms. The Balaban J connectivity index is 1.36. The number of hydrogen-bond donors (Lipinski definition) is 1. The maximum absolute atomic E-state index is 13.5. The second kappa shape index (κ2) is 7.65. The Morgan fingerprint density at radius 2 is 1.97 bits per heavy atom.